The van der Waals surface area contributed by atoms with Crippen LogP contribution in [-0.4, -0.2) is 17.9 Å². The zero-order valence-electron chi connectivity index (χ0n) is 8.61. The van der Waals surface area contributed by atoms with Crippen molar-refractivity contribution in [1.29, 1.82) is 0 Å². The van der Waals surface area contributed by atoms with Gasteiger partial charge in [-0.15, -0.1) is 0 Å². The Hall–Kier alpha value is -1.38. The molecule has 0 atom stereocenters. The van der Waals surface area contributed by atoms with Crippen LogP contribution in [0.2, 0.25) is 0 Å². The highest BCUT2D eigenvalue weighted by molar-refractivity contribution is 5.89. The minimum Gasteiger partial charge on any atom is -0.300 e. The molecule has 1 heterocycles. The van der Waals surface area contributed by atoms with Crippen molar-refractivity contribution < 1.29 is 4.79 Å². The molecule has 0 saturated carbocycles. The van der Waals surface area contributed by atoms with Crippen LogP contribution < -0.4 is 4.90 Å². The first-order valence-corrected chi connectivity index (χ1v) is 4.37. The predicted molar refractivity (Wildman–Crippen MR) is 54.7 cm³/mol. The number of hydrogen-bond acceptors (Lipinski definition) is 2. The number of hydrogen-bond donors (Lipinski definition) is 0. The number of anilines is 1. The van der Waals surface area contributed by atoms with Crippen molar-refractivity contribution in [2.75, 3.05) is 11.9 Å². The standard InChI is InChI=1S/C8H10N2O.C2H6/c1-7(11)10(2)8-5-3-4-6-9-8;1-2/h3-6H,1-2H3;1-2H3. The van der Waals surface area contributed by atoms with Gasteiger partial charge in [-0.1, -0.05) is 19.9 Å². The molecule has 0 fully saturated rings. The number of carbonyl (C=O) groups is 1. The topological polar surface area (TPSA) is 33.2 Å². The maximum atomic E-state index is 10.8. The molecule has 0 saturated heterocycles. The lowest BCUT2D eigenvalue weighted by Gasteiger charge is -2.12. The summed E-state index contributed by atoms with van der Waals surface area (Å²) in [4.78, 5) is 16.3. The van der Waals surface area contributed by atoms with Gasteiger partial charge in [0, 0.05) is 20.2 Å². The summed E-state index contributed by atoms with van der Waals surface area (Å²) in [5, 5.41) is 0. The van der Waals surface area contributed by atoms with Crippen LogP contribution in [-0.2, 0) is 4.79 Å². The minimum atomic E-state index is -0.0105. The highest BCUT2D eigenvalue weighted by Crippen LogP contribution is 2.05. The van der Waals surface area contributed by atoms with Gasteiger partial charge in [0.15, 0.2) is 0 Å². The van der Waals surface area contributed by atoms with Gasteiger partial charge >= 0.3 is 0 Å². The minimum absolute atomic E-state index is 0.0105. The second-order valence-electron chi connectivity index (χ2n) is 2.27. The first kappa shape index (κ1) is 11.6. The molecule has 3 heteroatoms. The smallest absolute Gasteiger partial charge is 0.224 e. The highest BCUT2D eigenvalue weighted by Gasteiger charge is 2.03. The molecule has 0 aliphatic rings. The third-order valence-corrected chi connectivity index (χ3v) is 1.47. The molecule has 0 spiro atoms. The van der Waals surface area contributed by atoms with Crippen molar-refractivity contribution in [3.05, 3.63) is 24.4 Å². The van der Waals surface area contributed by atoms with Crippen LogP contribution in [0.25, 0.3) is 0 Å². The molecule has 0 aliphatic carbocycles. The fourth-order valence-corrected chi connectivity index (χ4v) is 0.713. The Labute approximate surface area is 79.4 Å². The summed E-state index contributed by atoms with van der Waals surface area (Å²) in [7, 11) is 1.70. The third-order valence-electron chi connectivity index (χ3n) is 1.47. The van der Waals surface area contributed by atoms with Gasteiger partial charge in [-0.25, -0.2) is 4.98 Å². The molecule has 0 unspecified atom stereocenters. The molecule has 1 aromatic heterocycles. The number of amides is 1. The third kappa shape index (κ3) is 3.69. The molecule has 0 aromatic carbocycles. The van der Waals surface area contributed by atoms with Crippen LogP contribution in [0.5, 0.6) is 0 Å². The summed E-state index contributed by atoms with van der Waals surface area (Å²) in [6.07, 6.45) is 1.66. The van der Waals surface area contributed by atoms with E-state index in [0.29, 0.717) is 5.82 Å². The molecule has 13 heavy (non-hydrogen) atoms. The van der Waals surface area contributed by atoms with Crippen molar-refractivity contribution in [2.45, 2.75) is 20.8 Å². The van der Waals surface area contributed by atoms with Gasteiger partial charge in [0.05, 0.1) is 0 Å². The van der Waals surface area contributed by atoms with E-state index in [0.717, 1.165) is 0 Å². The Morgan fingerprint density at radius 2 is 2.00 bits per heavy atom. The van der Waals surface area contributed by atoms with Gasteiger partial charge in [0.25, 0.3) is 0 Å². The number of carbonyl (C=O) groups excluding carboxylic acids is 1. The van der Waals surface area contributed by atoms with Crippen LogP contribution in [0.1, 0.15) is 20.8 Å². The van der Waals surface area contributed by atoms with Crippen LogP contribution >= 0.6 is 0 Å². The highest BCUT2D eigenvalue weighted by atomic mass is 16.2. The number of nitrogens with zero attached hydrogens (tertiary/aromatic N) is 2. The van der Waals surface area contributed by atoms with E-state index in [1.54, 1.807) is 19.3 Å². The fourth-order valence-electron chi connectivity index (χ4n) is 0.713. The van der Waals surface area contributed by atoms with E-state index in [1.165, 1.54) is 11.8 Å². The lowest BCUT2D eigenvalue weighted by Crippen LogP contribution is -2.23. The summed E-state index contributed by atoms with van der Waals surface area (Å²) < 4.78 is 0. The average molecular weight is 180 g/mol. The molecule has 0 radical (unpaired) electrons. The van der Waals surface area contributed by atoms with Gasteiger partial charge in [0.2, 0.25) is 5.91 Å². The summed E-state index contributed by atoms with van der Waals surface area (Å²) in [5.41, 5.74) is 0. The van der Waals surface area contributed by atoms with Crippen LogP contribution in [0.15, 0.2) is 24.4 Å². The molecular weight excluding hydrogens is 164 g/mol. The Bertz CT molecular complexity index is 246. The zero-order chi connectivity index (χ0) is 10.3. The molecule has 3 nitrogen and oxygen atoms in total. The number of rotatable bonds is 1. The Morgan fingerprint density at radius 1 is 1.38 bits per heavy atom. The van der Waals surface area contributed by atoms with E-state index in [2.05, 4.69) is 4.98 Å². The maximum Gasteiger partial charge on any atom is 0.224 e. The monoisotopic (exact) mass is 180 g/mol. The summed E-state index contributed by atoms with van der Waals surface area (Å²) in [6, 6.07) is 5.46. The Morgan fingerprint density at radius 3 is 2.38 bits per heavy atom. The fraction of sp³-hybridized carbons (Fsp3) is 0.400. The number of pyridine rings is 1. The van der Waals surface area contributed by atoms with Crippen molar-refractivity contribution in [3.63, 3.8) is 0 Å². The summed E-state index contributed by atoms with van der Waals surface area (Å²) >= 11 is 0. The molecule has 0 aliphatic heterocycles. The van der Waals surface area contributed by atoms with E-state index in [4.69, 9.17) is 0 Å². The van der Waals surface area contributed by atoms with E-state index < -0.39 is 0 Å². The van der Waals surface area contributed by atoms with E-state index in [9.17, 15) is 4.79 Å². The van der Waals surface area contributed by atoms with Gasteiger partial charge in [0.1, 0.15) is 5.82 Å². The van der Waals surface area contributed by atoms with Crippen molar-refractivity contribution in [2.24, 2.45) is 0 Å². The van der Waals surface area contributed by atoms with Crippen LogP contribution in [0.4, 0.5) is 5.82 Å². The molecule has 0 N–H and O–H groups in total. The summed E-state index contributed by atoms with van der Waals surface area (Å²) in [5.74, 6) is 0.670. The van der Waals surface area contributed by atoms with Crippen LogP contribution in [0.3, 0.4) is 0 Å². The molecule has 1 rings (SSSR count). The molecule has 72 valence electrons. The molecular formula is C10H16N2O. The molecule has 1 amide bonds. The van der Waals surface area contributed by atoms with Gasteiger partial charge in [-0.05, 0) is 12.1 Å². The summed E-state index contributed by atoms with van der Waals surface area (Å²) in [6.45, 7) is 5.51. The van der Waals surface area contributed by atoms with Crippen molar-refractivity contribution in [1.82, 2.24) is 4.98 Å². The normalized spacial score (nSPS) is 8.31. The van der Waals surface area contributed by atoms with E-state index >= 15 is 0 Å². The SMILES string of the molecule is CC.CC(=O)N(C)c1ccccn1. The molecule has 1 aromatic rings. The van der Waals surface area contributed by atoms with E-state index in [-0.39, 0.29) is 5.91 Å². The number of aromatic nitrogens is 1. The van der Waals surface area contributed by atoms with Crippen molar-refractivity contribution in [3.8, 4) is 0 Å². The average Bonchev–Trinajstić information content (AvgIpc) is 2.21. The van der Waals surface area contributed by atoms with Crippen molar-refractivity contribution >= 4 is 11.7 Å². The Kier molecular flexibility index (Phi) is 5.52. The van der Waals surface area contributed by atoms with Gasteiger partial charge in [-0.2, -0.15) is 0 Å². The second kappa shape index (κ2) is 6.17. The molecule has 0 bridgehead atoms. The predicted octanol–water partition coefficient (Wildman–Crippen LogP) is 2.09. The lowest BCUT2D eigenvalue weighted by molar-refractivity contribution is -0.116. The first-order chi connectivity index (χ1) is 6.22. The quantitative estimate of drug-likeness (QED) is 0.663. The Balaban J connectivity index is 0.000000671. The maximum absolute atomic E-state index is 10.8. The lowest BCUT2D eigenvalue weighted by atomic mass is 10.4. The van der Waals surface area contributed by atoms with E-state index in [1.807, 2.05) is 26.0 Å². The first-order valence-electron chi connectivity index (χ1n) is 4.37. The largest absolute Gasteiger partial charge is 0.300 e. The second-order valence-corrected chi connectivity index (χ2v) is 2.27. The van der Waals surface area contributed by atoms with Gasteiger partial charge < -0.3 is 4.90 Å². The van der Waals surface area contributed by atoms with Crippen LogP contribution in [0, 0.1) is 0 Å². The van der Waals surface area contributed by atoms with Gasteiger partial charge in [-0.3, -0.25) is 4.79 Å². The zero-order valence-corrected chi connectivity index (χ0v) is 8.61.